The molecule has 7 nitrogen and oxygen atoms in total. The molecule has 0 fully saturated rings. The summed E-state index contributed by atoms with van der Waals surface area (Å²) >= 11 is 1.23. The van der Waals surface area contributed by atoms with Crippen LogP contribution in [0.25, 0.3) is 44.2 Å². The Bertz CT molecular complexity index is 2040. The predicted molar refractivity (Wildman–Crippen MR) is 162 cm³/mol. The third-order valence-corrected chi connectivity index (χ3v) is 8.18. The Morgan fingerprint density at radius 2 is 1.71 bits per heavy atom. The molecule has 41 heavy (non-hydrogen) atoms. The van der Waals surface area contributed by atoms with Gasteiger partial charge in [0, 0.05) is 34.8 Å². The van der Waals surface area contributed by atoms with E-state index in [4.69, 9.17) is 13.9 Å². The van der Waals surface area contributed by atoms with Crippen LogP contribution in [-0.4, -0.2) is 25.5 Å². The second-order valence-electron chi connectivity index (χ2n) is 9.99. The first-order chi connectivity index (χ1) is 20.1. The third kappa shape index (κ3) is 4.41. The van der Waals surface area contributed by atoms with E-state index in [9.17, 15) is 5.11 Å². The zero-order valence-electron chi connectivity index (χ0n) is 22.6. The lowest BCUT2D eigenvalue weighted by Crippen LogP contribution is -2.03. The fourth-order valence-electron chi connectivity index (χ4n) is 5.52. The van der Waals surface area contributed by atoms with Crippen molar-refractivity contribution < 1.29 is 19.0 Å². The van der Waals surface area contributed by atoms with Gasteiger partial charge in [0.2, 0.25) is 0 Å². The van der Waals surface area contributed by atoms with Crippen molar-refractivity contribution in [1.29, 1.82) is 0 Å². The lowest BCUT2D eigenvalue weighted by atomic mass is 10.0. The molecule has 0 unspecified atom stereocenters. The van der Waals surface area contributed by atoms with E-state index >= 15 is 0 Å². The summed E-state index contributed by atoms with van der Waals surface area (Å²) in [4.78, 5) is 0. The van der Waals surface area contributed by atoms with Gasteiger partial charge in [0.05, 0.1) is 31.0 Å². The molecule has 3 aromatic heterocycles. The third-order valence-electron chi connectivity index (χ3n) is 7.62. The smallest absolute Gasteiger partial charge is 0.161 e. The molecule has 0 spiro atoms. The van der Waals surface area contributed by atoms with Gasteiger partial charge in [-0.2, -0.15) is 8.75 Å². The van der Waals surface area contributed by atoms with Crippen LogP contribution < -0.4 is 9.47 Å². The van der Waals surface area contributed by atoms with Crippen LogP contribution in [0.3, 0.4) is 0 Å². The van der Waals surface area contributed by atoms with Crippen LogP contribution >= 0.6 is 11.7 Å². The molecule has 3 heterocycles. The van der Waals surface area contributed by atoms with Crippen LogP contribution in [0.1, 0.15) is 22.4 Å². The minimum absolute atomic E-state index is 0.0468. The lowest BCUT2D eigenvalue weighted by Gasteiger charge is -2.15. The summed E-state index contributed by atoms with van der Waals surface area (Å²) in [5.41, 5.74) is 10.3. The van der Waals surface area contributed by atoms with Gasteiger partial charge in [-0.1, -0.05) is 42.5 Å². The molecule has 0 aliphatic heterocycles. The molecule has 4 aromatic carbocycles. The van der Waals surface area contributed by atoms with Crippen molar-refractivity contribution in [2.45, 2.75) is 26.7 Å². The molecule has 0 atom stereocenters. The number of benzene rings is 4. The van der Waals surface area contributed by atoms with Crippen LogP contribution in [0, 0.1) is 6.92 Å². The topological polar surface area (TPSA) is 82.5 Å². The quantitative estimate of drug-likeness (QED) is 0.207. The highest BCUT2D eigenvalue weighted by Crippen LogP contribution is 2.44. The van der Waals surface area contributed by atoms with Gasteiger partial charge < -0.3 is 23.6 Å². The summed E-state index contributed by atoms with van der Waals surface area (Å²) in [6.45, 7) is 3.03. The van der Waals surface area contributed by atoms with E-state index in [0.29, 0.717) is 24.7 Å². The second kappa shape index (κ2) is 10.4. The fourth-order valence-corrected chi connectivity index (χ4v) is 6.04. The van der Waals surface area contributed by atoms with Gasteiger partial charge in [0.25, 0.3) is 0 Å². The second-order valence-corrected chi connectivity index (χ2v) is 10.5. The molecule has 0 amide bonds. The Morgan fingerprint density at radius 3 is 2.56 bits per heavy atom. The Morgan fingerprint density at radius 1 is 0.902 bits per heavy atom. The number of aromatic nitrogens is 3. The zero-order chi connectivity index (χ0) is 27.9. The SMILES string of the molecule is COc1ccc(-c2c(C)n(Cc3ccc4nsnc4c3)c3c2oc2ccccc23)c(OCc2ccccc2CO)c1. The average Bonchev–Trinajstić information content (AvgIpc) is 3.70. The van der Waals surface area contributed by atoms with Crippen molar-refractivity contribution in [2.24, 2.45) is 0 Å². The van der Waals surface area contributed by atoms with E-state index in [2.05, 4.69) is 38.4 Å². The molecule has 0 saturated heterocycles. The Balaban J connectivity index is 1.39. The van der Waals surface area contributed by atoms with Crippen LogP contribution in [-0.2, 0) is 19.8 Å². The monoisotopic (exact) mass is 561 g/mol. The molecule has 7 rings (SSSR count). The summed E-state index contributed by atoms with van der Waals surface area (Å²) < 4.78 is 29.7. The van der Waals surface area contributed by atoms with E-state index in [0.717, 1.165) is 66.6 Å². The van der Waals surface area contributed by atoms with Gasteiger partial charge >= 0.3 is 0 Å². The molecular weight excluding hydrogens is 534 g/mol. The van der Waals surface area contributed by atoms with Crippen molar-refractivity contribution in [2.75, 3.05) is 7.11 Å². The molecule has 0 aliphatic carbocycles. The van der Waals surface area contributed by atoms with Crippen molar-refractivity contribution >= 4 is 44.8 Å². The first-order valence-corrected chi connectivity index (χ1v) is 14.1. The van der Waals surface area contributed by atoms with Gasteiger partial charge in [-0.05, 0) is 60.0 Å². The van der Waals surface area contributed by atoms with E-state index < -0.39 is 0 Å². The maximum atomic E-state index is 9.83. The van der Waals surface area contributed by atoms with Crippen molar-refractivity contribution in [3.8, 4) is 22.6 Å². The standard InChI is InChI=1S/C33H27N3O4S/c1-20-31(25-13-12-24(38-2)16-30(25)39-19-23-8-4-3-7-22(23)18-37)33-32(26-9-5-6-10-29(26)40-33)36(20)17-21-11-14-27-28(15-21)35-41-34-27/h3-16,37H,17-19H2,1-2H3. The number of hydrogen-bond acceptors (Lipinski definition) is 7. The number of fused-ring (bicyclic) bond motifs is 4. The maximum absolute atomic E-state index is 9.83. The minimum atomic E-state index is -0.0468. The number of rotatable bonds is 8. The highest BCUT2D eigenvalue weighted by molar-refractivity contribution is 7.00. The summed E-state index contributed by atoms with van der Waals surface area (Å²) in [6, 6.07) is 28.0. The van der Waals surface area contributed by atoms with Crippen LogP contribution in [0.15, 0.2) is 89.3 Å². The van der Waals surface area contributed by atoms with Gasteiger partial charge in [0.1, 0.15) is 34.7 Å². The van der Waals surface area contributed by atoms with E-state index in [1.54, 1.807) is 7.11 Å². The summed E-state index contributed by atoms with van der Waals surface area (Å²) in [6.07, 6.45) is 0. The van der Waals surface area contributed by atoms with Crippen LogP contribution in [0.2, 0.25) is 0 Å². The molecule has 0 radical (unpaired) electrons. The van der Waals surface area contributed by atoms with Crippen molar-refractivity contribution in [3.05, 3.63) is 107 Å². The number of aliphatic hydroxyl groups excluding tert-OH is 1. The molecular formula is C33H27N3O4S. The van der Waals surface area contributed by atoms with Gasteiger partial charge in [-0.3, -0.25) is 0 Å². The molecule has 0 aliphatic rings. The van der Waals surface area contributed by atoms with Crippen molar-refractivity contribution in [3.63, 3.8) is 0 Å². The average molecular weight is 562 g/mol. The van der Waals surface area contributed by atoms with Crippen LogP contribution in [0.4, 0.5) is 0 Å². The normalized spacial score (nSPS) is 11.6. The molecule has 0 saturated carbocycles. The lowest BCUT2D eigenvalue weighted by molar-refractivity contribution is 0.269. The van der Waals surface area contributed by atoms with Crippen LogP contribution in [0.5, 0.6) is 11.5 Å². The number of hydrogen-bond donors (Lipinski definition) is 1. The summed E-state index contributed by atoms with van der Waals surface area (Å²) in [5, 5.41) is 10.9. The number of nitrogens with zero attached hydrogens (tertiary/aromatic N) is 3. The Kier molecular flexibility index (Phi) is 6.41. The van der Waals surface area contributed by atoms with E-state index in [-0.39, 0.29) is 6.61 Å². The Hall–Kier alpha value is -4.66. The minimum Gasteiger partial charge on any atom is -0.497 e. The first kappa shape index (κ1) is 25.3. The molecule has 8 heteroatoms. The fraction of sp³-hybridized carbons (Fsp3) is 0.152. The number of para-hydroxylation sites is 1. The molecule has 204 valence electrons. The zero-order valence-corrected chi connectivity index (χ0v) is 23.4. The first-order valence-electron chi connectivity index (χ1n) is 13.3. The molecule has 0 bridgehead atoms. The van der Waals surface area contributed by atoms with Gasteiger partial charge in [-0.15, -0.1) is 0 Å². The highest BCUT2D eigenvalue weighted by Gasteiger charge is 2.25. The summed E-state index contributed by atoms with van der Waals surface area (Å²) in [5.74, 6) is 1.37. The van der Waals surface area contributed by atoms with Gasteiger partial charge in [-0.25, -0.2) is 0 Å². The largest absolute Gasteiger partial charge is 0.497 e. The highest BCUT2D eigenvalue weighted by atomic mass is 32.1. The maximum Gasteiger partial charge on any atom is 0.161 e. The number of furan rings is 1. The molecule has 7 aromatic rings. The number of ether oxygens (including phenoxy) is 2. The predicted octanol–water partition coefficient (Wildman–Crippen LogP) is 7.50. The number of methoxy groups -OCH3 is 1. The Labute approximate surface area is 240 Å². The molecule has 1 N–H and O–H groups in total. The number of aliphatic hydroxyl groups is 1. The van der Waals surface area contributed by atoms with Crippen molar-refractivity contribution in [1.82, 2.24) is 13.3 Å². The summed E-state index contributed by atoms with van der Waals surface area (Å²) in [7, 11) is 1.65. The van der Waals surface area contributed by atoms with E-state index in [1.165, 1.54) is 11.7 Å². The van der Waals surface area contributed by atoms with Gasteiger partial charge in [0.15, 0.2) is 5.58 Å². The van der Waals surface area contributed by atoms with E-state index in [1.807, 2.05) is 66.7 Å².